The second-order valence-corrected chi connectivity index (χ2v) is 7.06. The molecular formula is C22H14F6N4. The molecule has 10 heteroatoms. The van der Waals surface area contributed by atoms with E-state index in [2.05, 4.69) is 20.3 Å². The van der Waals surface area contributed by atoms with Gasteiger partial charge in [0.2, 0.25) is 0 Å². The lowest BCUT2D eigenvalue weighted by Crippen LogP contribution is -2.06. The average Bonchev–Trinajstić information content (AvgIpc) is 2.73. The number of halogens is 6. The number of pyridine rings is 1. The van der Waals surface area contributed by atoms with Crippen LogP contribution in [0.15, 0.2) is 61.1 Å². The lowest BCUT2D eigenvalue weighted by atomic mass is 10.1. The molecule has 4 nitrogen and oxygen atoms in total. The topological polar surface area (TPSA) is 50.7 Å². The van der Waals surface area contributed by atoms with Crippen LogP contribution in [0.5, 0.6) is 0 Å². The van der Waals surface area contributed by atoms with Crippen LogP contribution in [0.3, 0.4) is 0 Å². The molecule has 2 aromatic carbocycles. The smallest absolute Gasteiger partial charge is 0.340 e. The monoisotopic (exact) mass is 448 g/mol. The Morgan fingerprint density at radius 3 is 2.09 bits per heavy atom. The normalized spacial score (nSPS) is 12.2. The van der Waals surface area contributed by atoms with E-state index in [-0.39, 0.29) is 11.5 Å². The molecule has 0 aliphatic rings. The van der Waals surface area contributed by atoms with Crippen LogP contribution in [0.2, 0.25) is 0 Å². The summed E-state index contributed by atoms with van der Waals surface area (Å²) >= 11 is 0. The molecule has 164 valence electrons. The summed E-state index contributed by atoms with van der Waals surface area (Å²) in [6, 6.07) is 9.48. The standard InChI is InChI=1S/C22H14F6N4/c1-12-6-17-14(10-29-12)7-16(22(26,27)28)8-19(17)32-20-9-18(30-11-31-20)13-2-4-15(5-3-13)21(23,24)25/h2-11H,1H3,(H,30,31,32). The number of hydrogen-bond donors (Lipinski definition) is 1. The van der Waals surface area contributed by atoms with Crippen molar-refractivity contribution in [2.24, 2.45) is 0 Å². The predicted octanol–water partition coefficient (Wildman–Crippen LogP) is 6.78. The highest BCUT2D eigenvalue weighted by atomic mass is 19.4. The lowest BCUT2D eigenvalue weighted by molar-refractivity contribution is -0.138. The van der Waals surface area contributed by atoms with Gasteiger partial charge in [-0.2, -0.15) is 26.3 Å². The third-order valence-electron chi connectivity index (χ3n) is 4.74. The van der Waals surface area contributed by atoms with Crippen molar-refractivity contribution in [1.29, 1.82) is 0 Å². The maximum Gasteiger partial charge on any atom is 0.416 e. The highest BCUT2D eigenvalue weighted by Gasteiger charge is 2.32. The summed E-state index contributed by atoms with van der Waals surface area (Å²) in [6.45, 7) is 1.72. The summed E-state index contributed by atoms with van der Waals surface area (Å²) < 4.78 is 78.4. The largest absolute Gasteiger partial charge is 0.416 e. The minimum absolute atomic E-state index is 0.164. The Balaban J connectivity index is 1.73. The van der Waals surface area contributed by atoms with Crippen LogP contribution < -0.4 is 5.32 Å². The fourth-order valence-electron chi connectivity index (χ4n) is 3.18. The molecule has 0 atom stereocenters. The molecule has 0 radical (unpaired) electrons. The molecule has 1 N–H and O–H groups in total. The molecule has 0 spiro atoms. The van der Waals surface area contributed by atoms with Gasteiger partial charge in [0.15, 0.2) is 0 Å². The van der Waals surface area contributed by atoms with Gasteiger partial charge in [-0.05, 0) is 37.3 Å². The molecule has 2 heterocycles. The van der Waals surface area contributed by atoms with Crippen molar-refractivity contribution in [2.75, 3.05) is 5.32 Å². The molecule has 0 saturated heterocycles. The van der Waals surface area contributed by atoms with Crippen molar-refractivity contribution >= 4 is 22.3 Å². The number of benzene rings is 2. The van der Waals surface area contributed by atoms with Gasteiger partial charge in [0.25, 0.3) is 0 Å². The first kappa shape index (κ1) is 21.5. The number of nitrogens with zero attached hydrogens (tertiary/aromatic N) is 3. The van der Waals surface area contributed by atoms with E-state index in [1.807, 2.05) is 0 Å². The third kappa shape index (κ3) is 4.48. The quantitative estimate of drug-likeness (QED) is 0.351. The van der Waals surface area contributed by atoms with Crippen LogP contribution >= 0.6 is 0 Å². The number of hydrogen-bond acceptors (Lipinski definition) is 4. The van der Waals surface area contributed by atoms with E-state index in [4.69, 9.17) is 0 Å². The Morgan fingerprint density at radius 2 is 1.44 bits per heavy atom. The number of aryl methyl sites for hydroxylation is 1. The molecule has 0 amide bonds. The van der Waals surface area contributed by atoms with Crippen LogP contribution in [0.25, 0.3) is 22.0 Å². The molecule has 4 aromatic rings. The maximum absolute atomic E-state index is 13.4. The number of nitrogens with one attached hydrogen (secondary N) is 1. The lowest BCUT2D eigenvalue weighted by Gasteiger charge is -2.14. The fraction of sp³-hybridized carbons (Fsp3) is 0.136. The van der Waals surface area contributed by atoms with Crippen LogP contribution in [-0.4, -0.2) is 15.0 Å². The van der Waals surface area contributed by atoms with Gasteiger partial charge in [-0.3, -0.25) is 4.98 Å². The molecule has 0 saturated carbocycles. The summed E-state index contributed by atoms with van der Waals surface area (Å²) in [6.07, 6.45) is -6.49. The number of aromatic nitrogens is 3. The molecular weight excluding hydrogens is 434 g/mol. The highest BCUT2D eigenvalue weighted by molar-refractivity contribution is 5.96. The van der Waals surface area contributed by atoms with Crippen molar-refractivity contribution in [3.8, 4) is 11.3 Å². The summed E-state index contributed by atoms with van der Waals surface area (Å²) in [7, 11) is 0. The minimum atomic E-state index is -4.56. The number of fused-ring (bicyclic) bond motifs is 1. The number of anilines is 2. The summed E-state index contributed by atoms with van der Waals surface area (Å²) in [4.78, 5) is 12.1. The molecule has 32 heavy (non-hydrogen) atoms. The highest BCUT2D eigenvalue weighted by Crippen LogP contribution is 2.36. The van der Waals surface area contributed by atoms with E-state index in [0.717, 1.165) is 24.3 Å². The Morgan fingerprint density at radius 1 is 0.750 bits per heavy atom. The van der Waals surface area contributed by atoms with E-state index < -0.39 is 23.5 Å². The zero-order chi connectivity index (χ0) is 23.1. The zero-order valence-corrected chi connectivity index (χ0v) is 16.4. The molecule has 2 aromatic heterocycles. The Labute approximate surface area is 178 Å². The van der Waals surface area contributed by atoms with Crippen molar-refractivity contribution < 1.29 is 26.3 Å². The summed E-state index contributed by atoms with van der Waals surface area (Å²) in [5.74, 6) is 0.185. The average molecular weight is 448 g/mol. The van der Waals surface area contributed by atoms with Crippen molar-refractivity contribution in [2.45, 2.75) is 19.3 Å². The predicted molar refractivity (Wildman–Crippen MR) is 107 cm³/mol. The van der Waals surface area contributed by atoms with Crippen LogP contribution in [-0.2, 0) is 12.4 Å². The van der Waals surface area contributed by atoms with Gasteiger partial charge >= 0.3 is 12.4 Å². The summed E-state index contributed by atoms with van der Waals surface area (Å²) in [5, 5.41) is 3.68. The minimum Gasteiger partial charge on any atom is -0.340 e. The first-order valence-corrected chi connectivity index (χ1v) is 9.25. The first-order valence-electron chi connectivity index (χ1n) is 9.25. The van der Waals surface area contributed by atoms with Crippen LogP contribution in [0, 0.1) is 6.92 Å². The second-order valence-electron chi connectivity index (χ2n) is 7.06. The molecule has 0 bridgehead atoms. The molecule has 0 unspecified atom stereocenters. The van der Waals surface area contributed by atoms with Gasteiger partial charge in [-0.15, -0.1) is 0 Å². The van der Waals surface area contributed by atoms with E-state index in [1.165, 1.54) is 30.7 Å². The first-order chi connectivity index (χ1) is 15.0. The zero-order valence-electron chi connectivity index (χ0n) is 16.4. The van der Waals surface area contributed by atoms with Gasteiger partial charge < -0.3 is 5.32 Å². The van der Waals surface area contributed by atoms with E-state index in [9.17, 15) is 26.3 Å². The van der Waals surface area contributed by atoms with Gasteiger partial charge in [0.05, 0.1) is 16.8 Å². The summed E-state index contributed by atoms with van der Waals surface area (Å²) in [5.41, 5.74) is -0.156. The Kier molecular flexibility index (Phi) is 5.23. The molecule has 4 rings (SSSR count). The van der Waals surface area contributed by atoms with Crippen LogP contribution in [0.1, 0.15) is 16.8 Å². The van der Waals surface area contributed by atoms with E-state index >= 15 is 0 Å². The maximum atomic E-state index is 13.4. The van der Waals surface area contributed by atoms with E-state index in [0.29, 0.717) is 27.7 Å². The van der Waals surface area contributed by atoms with Crippen molar-refractivity contribution in [3.05, 3.63) is 77.9 Å². The van der Waals surface area contributed by atoms with E-state index in [1.54, 1.807) is 13.0 Å². The third-order valence-corrected chi connectivity index (χ3v) is 4.74. The second kappa shape index (κ2) is 7.77. The van der Waals surface area contributed by atoms with Gasteiger partial charge in [-0.1, -0.05) is 12.1 Å². The van der Waals surface area contributed by atoms with Gasteiger partial charge in [-0.25, -0.2) is 9.97 Å². The Bertz CT molecular complexity index is 1280. The number of rotatable bonds is 3. The van der Waals surface area contributed by atoms with Gasteiger partial charge in [0.1, 0.15) is 12.1 Å². The van der Waals surface area contributed by atoms with Gasteiger partial charge in [0, 0.05) is 40.0 Å². The Hall–Kier alpha value is -3.69. The fourth-order valence-corrected chi connectivity index (χ4v) is 3.18. The molecule has 0 aliphatic heterocycles. The molecule has 0 aliphatic carbocycles. The van der Waals surface area contributed by atoms with Crippen molar-refractivity contribution in [1.82, 2.24) is 15.0 Å². The number of alkyl halides is 6. The SMILES string of the molecule is Cc1cc2c(Nc3cc(-c4ccc(C(F)(F)F)cc4)ncn3)cc(C(F)(F)F)cc2cn1. The molecule has 0 fully saturated rings. The van der Waals surface area contributed by atoms with Crippen LogP contribution in [0.4, 0.5) is 37.8 Å². The van der Waals surface area contributed by atoms with Crippen molar-refractivity contribution in [3.63, 3.8) is 0 Å².